The van der Waals surface area contributed by atoms with Gasteiger partial charge in [0.15, 0.2) is 0 Å². The topological polar surface area (TPSA) is 45.6 Å². The van der Waals surface area contributed by atoms with Gasteiger partial charge in [0.05, 0.1) is 13.2 Å². The first kappa shape index (κ1) is 18.5. The van der Waals surface area contributed by atoms with Crippen molar-refractivity contribution in [2.45, 2.75) is 25.0 Å². The number of piperidine rings is 3. The number of nitrogens with zero attached hydrogens (tertiary/aromatic N) is 2. The molecule has 1 aromatic carbocycles. The van der Waals surface area contributed by atoms with Crippen molar-refractivity contribution in [3.8, 4) is 5.75 Å². The van der Waals surface area contributed by atoms with Crippen molar-refractivity contribution in [2.24, 2.45) is 11.8 Å². The zero-order valence-corrected chi connectivity index (χ0v) is 16.0. The van der Waals surface area contributed by atoms with Gasteiger partial charge in [-0.3, -0.25) is 4.90 Å². The molecule has 0 aliphatic carbocycles. The maximum atomic E-state index is 11.1. The molecular weight excluding hydrogens is 403 g/mol. The van der Waals surface area contributed by atoms with Gasteiger partial charge in [0, 0.05) is 32.1 Å². The number of hydrogen-bond donors (Lipinski definition) is 1. The standard InChI is InChI=1S/C20H23N2O2.Rh/c1-3-13-12-22-9-7-14(13)10-19(22)20(23)16-6-8-21-18-5-4-15(24-2)11-17(16)18;/h3-6,11,13-14,19-20,23H,1,7,9-10,12H2,2H3;/q-1;/t13-,14?,19-,20+;/m0./s1. The van der Waals surface area contributed by atoms with Crippen molar-refractivity contribution >= 4 is 10.9 Å². The van der Waals surface area contributed by atoms with Gasteiger partial charge in [0.2, 0.25) is 0 Å². The summed E-state index contributed by atoms with van der Waals surface area (Å²) in [6.45, 7) is 6.04. The molecule has 135 valence electrons. The molecule has 5 atom stereocenters. The number of rotatable bonds is 4. The Balaban J connectivity index is 0.00000182. The normalized spacial score (nSPS) is 29.0. The minimum atomic E-state index is -0.535. The average molecular weight is 426 g/mol. The third kappa shape index (κ3) is 3.26. The fourth-order valence-corrected chi connectivity index (χ4v) is 4.38. The number of ether oxygens (including phenoxy) is 1. The summed E-state index contributed by atoms with van der Waals surface area (Å²) in [5.74, 6) is 1.97. The number of benzene rings is 1. The molecule has 1 N–H and O–H groups in total. The van der Waals surface area contributed by atoms with E-state index in [2.05, 4.69) is 28.7 Å². The van der Waals surface area contributed by atoms with Gasteiger partial charge in [-0.2, -0.15) is 6.07 Å². The van der Waals surface area contributed by atoms with Crippen LogP contribution in [0.2, 0.25) is 0 Å². The number of pyridine rings is 1. The maximum Gasteiger partial charge on any atom is 0.116 e. The summed E-state index contributed by atoms with van der Waals surface area (Å²) in [6.07, 6.45) is 6.71. The third-order valence-electron chi connectivity index (χ3n) is 5.76. The van der Waals surface area contributed by atoms with Crippen LogP contribution in [0.1, 0.15) is 24.5 Å². The van der Waals surface area contributed by atoms with E-state index < -0.39 is 6.10 Å². The van der Waals surface area contributed by atoms with Crippen molar-refractivity contribution in [3.63, 3.8) is 0 Å². The van der Waals surface area contributed by atoms with E-state index in [0.717, 1.165) is 41.7 Å². The van der Waals surface area contributed by atoms with Crippen molar-refractivity contribution < 1.29 is 29.3 Å². The van der Waals surface area contributed by atoms with Gasteiger partial charge >= 0.3 is 0 Å². The van der Waals surface area contributed by atoms with Gasteiger partial charge in [-0.25, -0.2) is 0 Å². The van der Waals surface area contributed by atoms with E-state index in [-0.39, 0.29) is 25.5 Å². The predicted molar refractivity (Wildman–Crippen MR) is 93.9 cm³/mol. The SMILES string of the molecule is C=C[C@H]1CN2CCC1C[C@H]2[C@H](O)c1c[c-]nc2ccc(OC)cc12.[Rh]. The van der Waals surface area contributed by atoms with Crippen LogP contribution in [0.4, 0.5) is 0 Å². The van der Waals surface area contributed by atoms with Gasteiger partial charge in [-0.05, 0) is 48.9 Å². The molecule has 0 amide bonds. The second-order valence-corrected chi connectivity index (χ2v) is 6.91. The summed E-state index contributed by atoms with van der Waals surface area (Å²) in [5, 5.41) is 12.1. The van der Waals surface area contributed by atoms with Crippen LogP contribution in [0.3, 0.4) is 0 Å². The molecule has 2 aromatic rings. The predicted octanol–water partition coefficient (Wildman–Crippen LogP) is 2.97. The minimum Gasteiger partial charge on any atom is -0.497 e. The number of aliphatic hydroxyl groups is 1. The van der Waals surface area contributed by atoms with Crippen LogP contribution in [-0.4, -0.2) is 41.2 Å². The van der Waals surface area contributed by atoms with E-state index in [4.69, 9.17) is 4.74 Å². The fourth-order valence-electron chi connectivity index (χ4n) is 4.38. The number of fused-ring (bicyclic) bond motifs is 4. The zero-order valence-electron chi connectivity index (χ0n) is 14.3. The summed E-state index contributed by atoms with van der Waals surface area (Å²) < 4.78 is 5.34. The van der Waals surface area contributed by atoms with Gasteiger partial charge in [0.25, 0.3) is 0 Å². The Bertz CT molecular complexity index is 766. The van der Waals surface area contributed by atoms with Crippen LogP contribution in [-0.2, 0) is 19.5 Å². The quantitative estimate of drug-likeness (QED) is 0.464. The van der Waals surface area contributed by atoms with Gasteiger partial charge in [0.1, 0.15) is 5.75 Å². The summed E-state index contributed by atoms with van der Waals surface area (Å²) in [7, 11) is 1.65. The summed E-state index contributed by atoms with van der Waals surface area (Å²) in [4.78, 5) is 6.72. The molecule has 1 aromatic heterocycles. The van der Waals surface area contributed by atoms with E-state index in [0.29, 0.717) is 11.8 Å². The van der Waals surface area contributed by atoms with Crippen LogP contribution in [0, 0.1) is 18.0 Å². The average Bonchev–Trinajstić information content (AvgIpc) is 2.66. The Morgan fingerprint density at radius 3 is 3.00 bits per heavy atom. The third-order valence-corrected chi connectivity index (χ3v) is 5.76. The molecule has 3 aliphatic rings. The van der Waals surface area contributed by atoms with Crippen molar-refractivity contribution in [3.05, 3.63) is 48.7 Å². The van der Waals surface area contributed by atoms with Crippen LogP contribution in [0.25, 0.3) is 10.9 Å². The Morgan fingerprint density at radius 2 is 2.32 bits per heavy atom. The van der Waals surface area contributed by atoms with Gasteiger partial charge < -0.3 is 14.8 Å². The van der Waals surface area contributed by atoms with E-state index in [1.54, 1.807) is 7.11 Å². The van der Waals surface area contributed by atoms with E-state index in [1.807, 2.05) is 24.3 Å². The first-order valence-corrected chi connectivity index (χ1v) is 8.60. The van der Waals surface area contributed by atoms with Crippen molar-refractivity contribution in [2.75, 3.05) is 20.2 Å². The molecule has 4 nitrogen and oxygen atoms in total. The van der Waals surface area contributed by atoms with Gasteiger partial charge in [-0.15, -0.1) is 17.5 Å². The van der Waals surface area contributed by atoms with Crippen LogP contribution in [0.15, 0.2) is 36.9 Å². The van der Waals surface area contributed by atoms with E-state index in [9.17, 15) is 5.11 Å². The first-order chi connectivity index (χ1) is 11.7. The summed E-state index contributed by atoms with van der Waals surface area (Å²) in [5.41, 5.74) is 1.74. The number of aromatic nitrogens is 1. The summed E-state index contributed by atoms with van der Waals surface area (Å²) in [6, 6.07) is 7.74. The summed E-state index contributed by atoms with van der Waals surface area (Å²) >= 11 is 0. The molecule has 0 spiro atoms. The van der Waals surface area contributed by atoms with Crippen molar-refractivity contribution in [1.82, 2.24) is 9.88 Å². The molecule has 3 fully saturated rings. The minimum absolute atomic E-state index is 0. The first-order valence-electron chi connectivity index (χ1n) is 8.60. The Kier molecular flexibility index (Phi) is 5.57. The molecule has 5 heteroatoms. The zero-order chi connectivity index (χ0) is 16.7. The molecule has 3 saturated heterocycles. The number of hydrogen-bond acceptors (Lipinski definition) is 4. The Morgan fingerprint density at radius 1 is 1.48 bits per heavy atom. The molecule has 5 rings (SSSR count). The molecule has 2 bridgehead atoms. The smallest absolute Gasteiger partial charge is 0.116 e. The van der Waals surface area contributed by atoms with E-state index in [1.165, 1.54) is 6.42 Å². The molecule has 3 aliphatic heterocycles. The molecule has 0 saturated carbocycles. The number of aliphatic hydroxyl groups excluding tert-OH is 1. The molecular formula is C20H23N2O2Rh-. The van der Waals surface area contributed by atoms with Crippen LogP contribution < -0.4 is 4.74 Å². The second kappa shape index (κ2) is 7.53. The molecule has 4 heterocycles. The van der Waals surface area contributed by atoms with Crippen LogP contribution in [0.5, 0.6) is 5.75 Å². The monoisotopic (exact) mass is 426 g/mol. The van der Waals surface area contributed by atoms with Crippen molar-refractivity contribution in [1.29, 1.82) is 0 Å². The van der Waals surface area contributed by atoms with E-state index >= 15 is 0 Å². The maximum absolute atomic E-state index is 11.1. The molecule has 1 radical (unpaired) electrons. The van der Waals surface area contributed by atoms with Crippen LogP contribution >= 0.6 is 0 Å². The largest absolute Gasteiger partial charge is 0.497 e. The Hall–Kier alpha value is -1.29. The molecule has 25 heavy (non-hydrogen) atoms. The fraction of sp³-hybridized carbons (Fsp3) is 0.450. The Labute approximate surface area is 161 Å². The molecule has 2 unspecified atom stereocenters. The number of methoxy groups -OCH3 is 1. The second-order valence-electron chi connectivity index (χ2n) is 6.91. The van der Waals surface area contributed by atoms with Gasteiger partial charge in [-0.1, -0.05) is 18.3 Å².